The summed E-state index contributed by atoms with van der Waals surface area (Å²) in [7, 11) is 0. The average molecular weight is 552 g/mol. The zero-order valence-electron chi connectivity index (χ0n) is 21.3. The number of halogens is 1. The van der Waals surface area contributed by atoms with Gasteiger partial charge in [-0.25, -0.2) is 9.37 Å². The number of benzene rings is 1. The predicted molar refractivity (Wildman–Crippen MR) is 156 cm³/mol. The molecule has 2 saturated heterocycles. The van der Waals surface area contributed by atoms with E-state index < -0.39 is 0 Å². The van der Waals surface area contributed by atoms with Crippen molar-refractivity contribution in [3.05, 3.63) is 75.3 Å². The number of carbonyl (C=O) groups excluding carboxylic acids is 1. The lowest BCUT2D eigenvalue weighted by Gasteiger charge is -2.37. The Morgan fingerprint density at radius 2 is 1.74 bits per heavy atom. The number of anilines is 2. The predicted octanol–water partition coefficient (Wildman–Crippen LogP) is 4.94. The molecule has 2 aromatic heterocycles. The molecule has 3 aromatic rings. The zero-order valence-corrected chi connectivity index (χ0v) is 22.9. The fraction of sp³-hybridized carbons (Fsp3) is 0.357. The Hall–Kier alpha value is -3.24. The number of thioether (sulfide) groups is 1. The highest BCUT2D eigenvalue weighted by molar-refractivity contribution is 8.26. The summed E-state index contributed by atoms with van der Waals surface area (Å²) in [5.41, 5.74) is 1.22. The molecule has 0 unspecified atom stereocenters. The van der Waals surface area contributed by atoms with Gasteiger partial charge in [-0.1, -0.05) is 68.4 Å². The molecule has 2 aliphatic heterocycles. The number of nitrogens with zero attached hydrogens (tertiary/aromatic N) is 5. The monoisotopic (exact) mass is 551 g/mol. The fourth-order valence-corrected chi connectivity index (χ4v) is 6.14. The number of rotatable bonds is 8. The van der Waals surface area contributed by atoms with Gasteiger partial charge in [0.1, 0.15) is 21.6 Å². The van der Waals surface area contributed by atoms with E-state index in [-0.39, 0.29) is 17.3 Å². The number of pyridine rings is 1. The Balaban J connectivity index is 1.45. The molecule has 5 rings (SSSR count). The quantitative estimate of drug-likeness (QED) is 0.223. The number of thiocarbonyl (C=S) groups is 1. The second kappa shape index (κ2) is 11.7. The standard InChI is InChI=1S/C28H30FN5O2S2/c1-2-3-4-8-14-34-27(36)23(38-28(34)37)19-20-25(30-24-12-7-9-13-33(24)26(20)35)32-17-15-31(16-18-32)22-11-6-5-10-21(22)29/h5-7,9-13,19H,2-4,8,14-18H2,1H3. The first kappa shape index (κ1) is 26.4. The summed E-state index contributed by atoms with van der Waals surface area (Å²) in [5.74, 6) is 0.118. The van der Waals surface area contributed by atoms with Crippen LogP contribution in [0.15, 0.2) is 58.4 Å². The van der Waals surface area contributed by atoms with Crippen molar-refractivity contribution in [1.29, 1.82) is 0 Å². The number of hydrogen-bond donors (Lipinski definition) is 0. The summed E-state index contributed by atoms with van der Waals surface area (Å²) in [6, 6.07) is 12.2. The van der Waals surface area contributed by atoms with Crippen molar-refractivity contribution >= 4 is 57.4 Å². The topological polar surface area (TPSA) is 61.2 Å². The van der Waals surface area contributed by atoms with Gasteiger partial charge in [0.2, 0.25) is 0 Å². The molecule has 1 aromatic carbocycles. The molecular weight excluding hydrogens is 521 g/mol. The summed E-state index contributed by atoms with van der Waals surface area (Å²) in [5, 5.41) is 0. The Labute approximate surface area is 230 Å². The summed E-state index contributed by atoms with van der Waals surface area (Å²) in [6.07, 6.45) is 7.52. The molecule has 0 N–H and O–H groups in total. The highest BCUT2D eigenvalue weighted by Gasteiger charge is 2.33. The molecule has 0 spiro atoms. The van der Waals surface area contributed by atoms with Crippen molar-refractivity contribution in [1.82, 2.24) is 14.3 Å². The van der Waals surface area contributed by atoms with Crippen LogP contribution in [0.4, 0.5) is 15.9 Å². The van der Waals surface area contributed by atoms with Gasteiger partial charge >= 0.3 is 0 Å². The van der Waals surface area contributed by atoms with Gasteiger partial charge in [-0.3, -0.25) is 18.9 Å². The van der Waals surface area contributed by atoms with Crippen LogP contribution in [0.2, 0.25) is 0 Å². The van der Waals surface area contributed by atoms with Crippen molar-refractivity contribution in [2.75, 3.05) is 42.5 Å². The minimum absolute atomic E-state index is 0.163. The molecule has 0 bridgehead atoms. The highest BCUT2D eigenvalue weighted by Crippen LogP contribution is 2.34. The van der Waals surface area contributed by atoms with Crippen LogP contribution in [-0.4, -0.2) is 57.2 Å². The normalized spacial score (nSPS) is 17.3. The van der Waals surface area contributed by atoms with Crippen molar-refractivity contribution in [2.24, 2.45) is 0 Å². The molecule has 0 aliphatic carbocycles. The molecule has 2 fully saturated rings. The van der Waals surface area contributed by atoms with Crippen molar-refractivity contribution in [3.63, 3.8) is 0 Å². The van der Waals surface area contributed by atoms with Crippen LogP contribution in [0.3, 0.4) is 0 Å². The van der Waals surface area contributed by atoms with Crippen LogP contribution in [0.5, 0.6) is 0 Å². The van der Waals surface area contributed by atoms with Crippen molar-refractivity contribution < 1.29 is 9.18 Å². The van der Waals surface area contributed by atoms with Crippen LogP contribution in [0.25, 0.3) is 11.7 Å². The number of piperazine rings is 1. The smallest absolute Gasteiger partial charge is 0.267 e. The molecule has 10 heteroatoms. The first-order valence-corrected chi connectivity index (χ1v) is 14.2. The summed E-state index contributed by atoms with van der Waals surface area (Å²) in [4.78, 5) is 37.8. The Bertz CT molecular complexity index is 1450. The average Bonchev–Trinajstić information content (AvgIpc) is 3.20. The minimum atomic E-state index is -0.250. The second-order valence-electron chi connectivity index (χ2n) is 9.40. The van der Waals surface area contributed by atoms with E-state index in [0.29, 0.717) is 64.7 Å². The molecule has 2 aliphatic rings. The number of hydrogen-bond acceptors (Lipinski definition) is 7. The molecule has 198 valence electrons. The van der Waals surface area contributed by atoms with Crippen molar-refractivity contribution in [2.45, 2.75) is 32.6 Å². The summed E-state index contributed by atoms with van der Waals surface area (Å²) < 4.78 is 16.4. The lowest BCUT2D eigenvalue weighted by atomic mass is 10.2. The van der Waals surface area contributed by atoms with E-state index in [1.807, 2.05) is 21.9 Å². The van der Waals surface area contributed by atoms with Gasteiger partial charge in [0, 0.05) is 38.9 Å². The van der Waals surface area contributed by atoms with E-state index >= 15 is 0 Å². The number of unbranched alkanes of at least 4 members (excludes halogenated alkanes) is 3. The molecule has 0 atom stereocenters. The van der Waals surface area contributed by atoms with Gasteiger partial charge in [-0.15, -0.1) is 0 Å². The van der Waals surface area contributed by atoms with Gasteiger partial charge in [0.25, 0.3) is 11.5 Å². The third-order valence-electron chi connectivity index (χ3n) is 6.91. The van der Waals surface area contributed by atoms with Crippen LogP contribution >= 0.6 is 24.0 Å². The number of carbonyl (C=O) groups is 1. The summed E-state index contributed by atoms with van der Waals surface area (Å²) in [6.45, 7) is 5.01. The van der Waals surface area contributed by atoms with Gasteiger partial charge in [-0.05, 0) is 36.8 Å². The molecule has 7 nitrogen and oxygen atoms in total. The molecule has 0 saturated carbocycles. The largest absolute Gasteiger partial charge is 0.366 e. The van der Waals surface area contributed by atoms with E-state index in [1.54, 1.807) is 41.4 Å². The maximum Gasteiger partial charge on any atom is 0.267 e. The van der Waals surface area contributed by atoms with E-state index in [2.05, 4.69) is 6.92 Å². The number of fused-ring (bicyclic) bond motifs is 1. The minimum Gasteiger partial charge on any atom is -0.366 e. The lowest BCUT2D eigenvalue weighted by Crippen LogP contribution is -2.47. The molecule has 38 heavy (non-hydrogen) atoms. The third kappa shape index (κ3) is 5.33. The first-order chi connectivity index (χ1) is 18.5. The maximum atomic E-state index is 14.4. The number of amides is 1. The molecule has 0 radical (unpaired) electrons. The van der Waals surface area contributed by atoms with Gasteiger partial charge < -0.3 is 9.80 Å². The Morgan fingerprint density at radius 3 is 2.50 bits per heavy atom. The maximum absolute atomic E-state index is 14.4. The van der Waals surface area contributed by atoms with Gasteiger partial charge in [0.15, 0.2) is 0 Å². The molecular formula is C28H30FN5O2S2. The molecule has 4 heterocycles. The van der Waals surface area contributed by atoms with Crippen LogP contribution in [0, 0.1) is 5.82 Å². The highest BCUT2D eigenvalue weighted by atomic mass is 32.2. The van der Waals surface area contributed by atoms with E-state index in [1.165, 1.54) is 22.2 Å². The van der Waals surface area contributed by atoms with Gasteiger partial charge in [-0.2, -0.15) is 0 Å². The van der Waals surface area contributed by atoms with Crippen LogP contribution in [0.1, 0.15) is 38.2 Å². The third-order valence-corrected chi connectivity index (χ3v) is 8.28. The number of aromatic nitrogens is 2. The van der Waals surface area contributed by atoms with Gasteiger partial charge in [0.05, 0.1) is 16.2 Å². The first-order valence-electron chi connectivity index (χ1n) is 13.0. The van der Waals surface area contributed by atoms with Crippen LogP contribution in [-0.2, 0) is 4.79 Å². The summed E-state index contributed by atoms with van der Waals surface area (Å²) >= 11 is 6.74. The van der Waals surface area contributed by atoms with Crippen molar-refractivity contribution in [3.8, 4) is 0 Å². The van der Waals surface area contributed by atoms with Crippen LogP contribution < -0.4 is 15.4 Å². The zero-order chi connectivity index (χ0) is 26.6. The Kier molecular flexibility index (Phi) is 8.09. The Morgan fingerprint density at radius 1 is 1.00 bits per heavy atom. The van der Waals surface area contributed by atoms with E-state index in [0.717, 1.165) is 25.7 Å². The molecule has 1 amide bonds. The second-order valence-corrected chi connectivity index (χ2v) is 11.1. The lowest BCUT2D eigenvalue weighted by molar-refractivity contribution is -0.122. The SMILES string of the molecule is CCCCCCN1C(=O)C(=Cc2c(N3CCN(c4ccccc4F)CC3)nc3ccccn3c2=O)SC1=S. The number of para-hydroxylation sites is 1. The fourth-order valence-electron chi connectivity index (χ4n) is 4.85. The van der Waals surface area contributed by atoms with E-state index in [9.17, 15) is 14.0 Å². The van der Waals surface area contributed by atoms with E-state index in [4.69, 9.17) is 17.2 Å².